The molecule has 29 heavy (non-hydrogen) atoms. The van der Waals surface area contributed by atoms with Crippen LogP contribution in [-0.2, 0) is 5.60 Å². The van der Waals surface area contributed by atoms with Crippen molar-refractivity contribution in [2.75, 3.05) is 24.5 Å². The first kappa shape index (κ1) is 25.0. The highest BCUT2D eigenvalue weighted by atomic mass is 19.4. The Morgan fingerprint density at radius 3 is 1.62 bits per heavy atom. The molecule has 0 aliphatic rings. The first-order valence-electron chi connectivity index (χ1n) is 8.74. The van der Waals surface area contributed by atoms with Gasteiger partial charge in [0.15, 0.2) is 0 Å². The SMILES string of the molecule is CCN(CC)C(=O)N(CC(C)(C)O)c1ccc(C(O)(C(F)(F)F)C(F)(F)F)cc1. The topological polar surface area (TPSA) is 64.0 Å². The fourth-order valence-corrected chi connectivity index (χ4v) is 2.69. The lowest BCUT2D eigenvalue weighted by atomic mass is 9.92. The zero-order valence-electron chi connectivity index (χ0n) is 16.4. The second-order valence-corrected chi connectivity index (χ2v) is 7.11. The minimum absolute atomic E-state index is 0.0283. The van der Waals surface area contributed by atoms with Gasteiger partial charge in [0, 0.05) is 24.3 Å². The number of alkyl halides is 6. The van der Waals surface area contributed by atoms with E-state index in [2.05, 4.69) is 0 Å². The third kappa shape index (κ3) is 5.33. The zero-order chi connectivity index (χ0) is 22.8. The molecule has 166 valence electrons. The molecule has 0 radical (unpaired) electrons. The van der Waals surface area contributed by atoms with Crippen LogP contribution in [0.15, 0.2) is 24.3 Å². The molecule has 0 aliphatic heterocycles. The van der Waals surface area contributed by atoms with E-state index < -0.39 is 35.1 Å². The Morgan fingerprint density at radius 2 is 1.31 bits per heavy atom. The maximum absolute atomic E-state index is 13.0. The van der Waals surface area contributed by atoms with Gasteiger partial charge < -0.3 is 15.1 Å². The van der Waals surface area contributed by atoms with Crippen molar-refractivity contribution in [1.82, 2.24) is 4.90 Å². The lowest BCUT2D eigenvalue weighted by molar-refractivity contribution is -0.376. The number of carbonyl (C=O) groups is 1. The molecule has 0 spiro atoms. The van der Waals surface area contributed by atoms with E-state index in [0.29, 0.717) is 25.2 Å². The molecule has 1 aromatic carbocycles. The molecule has 2 N–H and O–H groups in total. The van der Waals surface area contributed by atoms with Gasteiger partial charge in [-0.05, 0) is 39.8 Å². The number of anilines is 1. The molecular formula is C18H24F6N2O3. The molecule has 0 aliphatic carbocycles. The first-order chi connectivity index (χ1) is 13.0. The quantitative estimate of drug-likeness (QED) is 0.670. The molecule has 11 heteroatoms. The minimum Gasteiger partial charge on any atom is -0.389 e. The fraction of sp³-hybridized carbons (Fsp3) is 0.611. The van der Waals surface area contributed by atoms with E-state index in [9.17, 15) is 41.4 Å². The number of aliphatic hydroxyl groups is 2. The van der Waals surface area contributed by atoms with Crippen LogP contribution in [0.1, 0.15) is 33.3 Å². The van der Waals surface area contributed by atoms with Gasteiger partial charge in [-0.25, -0.2) is 4.79 Å². The standard InChI is InChI=1S/C18H24F6N2O3/c1-5-25(6-2)14(27)26(11-15(3,4)28)13-9-7-12(8-10-13)16(29,17(19,20)21)18(22,23)24/h7-10,28-29H,5-6,11H2,1-4H3. The molecule has 1 rings (SSSR count). The summed E-state index contributed by atoms with van der Waals surface area (Å²) in [5.74, 6) is 0. The van der Waals surface area contributed by atoms with Crippen molar-refractivity contribution in [3.8, 4) is 0 Å². The Labute approximate surface area is 164 Å². The van der Waals surface area contributed by atoms with Crippen molar-refractivity contribution in [2.24, 2.45) is 0 Å². The average Bonchev–Trinajstić information content (AvgIpc) is 2.57. The van der Waals surface area contributed by atoms with E-state index in [1.807, 2.05) is 0 Å². The highest BCUT2D eigenvalue weighted by molar-refractivity contribution is 5.92. The Kier molecular flexibility index (Phi) is 7.24. The lowest BCUT2D eigenvalue weighted by Gasteiger charge is -2.35. The van der Waals surface area contributed by atoms with Gasteiger partial charge in [0.25, 0.3) is 5.60 Å². The molecule has 0 saturated heterocycles. The molecule has 0 aromatic heterocycles. The van der Waals surface area contributed by atoms with Crippen LogP contribution in [-0.4, -0.2) is 58.7 Å². The number of urea groups is 1. The molecule has 0 heterocycles. The van der Waals surface area contributed by atoms with Gasteiger partial charge in [0.05, 0.1) is 12.1 Å². The Balaban J connectivity index is 3.44. The Hall–Kier alpha value is -2.01. The van der Waals surface area contributed by atoms with E-state index >= 15 is 0 Å². The van der Waals surface area contributed by atoms with Crippen LogP contribution < -0.4 is 4.90 Å². The van der Waals surface area contributed by atoms with E-state index in [1.165, 1.54) is 18.7 Å². The second-order valence-electron chi connectivity index (χ2n) is 7.11. The molecule has 0 atom stereocenters. The molecule has 5 nitrogen and oxygen atoms in total. The smallest absolute Gasteiger partial charge is 0.389 e. The Morgan fingerprint density at radius 1 is 0.897 bits per heavy atom. The van der Waals surface area contributed by atoms with Gasteiger partial charge in [-0.1, -0.05) is 12.1 Å². The van der Waals surface area contributed by atoms with Crippen molar-refractivity contribution < 1.29 is 41.4 Å². The van der Waals surface area contributed by atoms with E-state index in [1.54, 1.807) is 13.8 Å². The monoisotopic (exact) mass is 430 g/mol. The summed E-state index contributed by atoms with van der Waals surface area (Å²) in [5.41, 5.74) is -7.90. The van der Waals surface area contributed by atoms with Crippen molar-refractivity contribution in [3.63, 3.8) is 0 Å². The van der Waals surface area contributed by atoms with Gasteiger partial charge in [0.2, 0.25) is 0 Å². The number of nitrogens with zero attached hydrogens (tertiary/aromatic N) is 2. The Bertz CT molecular complexity index is 678. The average molecular weight is 430 g/mol. The number of amides is 2. The zero-order valence-corrected chi connectivity index (χ0v) is 16.4. The van der Waals surface area contributed by atoms with Crippen LogP contribution in [0.3, 0.4) is 0 Å². The molecular weight excluding hydrogens is 406 g/mol. The summed E-state index contributed by atoms with van der Waals surface area (Å²) in [5, 5.41) is 19.5. The normalized spacial score (nSPS) is 13.4. The highest BCUT2D eigenvalue weighted by Crippen LogP contribution is 2.50. The fourth-order valence-electron chi connectivity index (χ4n) is 2.69. The summed E-state index contributed by atoms with van der Waals surface area (Å²) < 4.78 is 78.1. The number of hydrogen-bond donors (Lipinski definition) is 2. The lowest BCUT2D eigenvalue weighted by Crippen LogP contribution is -2.54. The summed E-state index contributed by atoms with van der Waals surface area (Å²) in [4.78, 5) is 15.1. The molecule has 0 bridgehead atoms. The number of hydrogen-bond acceptors (Lipinski definition) is 3. The van der Waals surface area contributed by atoms with E-state index in [4.69, 9.17) is 0 Å². The maximum Gasteiger partial charge on any atom is 0.430 e. The highest BCUT2D eigenvalue weighted by Gasteiger charge is 2.71. The van der Waals surface area contributed by atoms with Gasteiger partial charge in [-0.3, -0.25) is 4.90 Å². The van der Waals surface area contributed by atoms with Crippen molar-refractivity contribution in [2.45, 2.75) is 51.2 Å². The number of carbonyl (C=O) groups excluding carboxylic acids is 1. The summed E-state index contributed by atoms with van der Waals surface area (Å²) >= 11 is 0. The van der Waals surface area contributed by atoms with Crippen LogP contribution in [0.4, 0.5) is 36.8 Å². The third-order valence-corrected chi connectivity index (χ3v) is 4.23. The molecule has 0 fully saturated rings. The van der Waals surface area contributed by atoms with E-state index in [0.717, 1.165) is 17.0 Å². The van der Waals surface area contributed by atoms with Gasteiger partial charge in [-0.2, -0.15) is 26.3 Å². The number of benzene rings is 1. The van der Waals surface area contributed by atoms with Crippen molar-refractivity contribution in [1.29, 1.82) is 0 Å². The summed E-state index contributed by atoms with van der Waals surface area (Å²) in [6.45, 7) is 6.53. The second kappa shape index (κ2) is 8.39. The largest absolute Gasteiger partial charge is 0.430 e. The summed E-state index contributed by atoms with van der Waals surface area (Å²) in [7, 11) is 0. The van der Waals surface area contributed by atoms with Crippen LogP contribution in [0.2, 0.25) is 0 Å². The van der Waals surface area contributed by atoms with Crippen LogP contribution in [0.5, 0.6) is 0 Å². The van der Waals surface area contributed by atoms with Crippen molar-refractivity contribution in [3.05, 3.63) is 29.8 Å². The van der Waals surface area contributed by atoms with Crippen molar-refractivity contribution >= 4 is 11.7 Å². The summed E-state index contributed by atoms with van der Waals surface area (Å²) in [6, 6.07) is 2.08. The van der Waals surface area contributed by atoms with Crippen LogP contribution in [0.25, 0.3) is 0 Å². The number of rotatable bonds is 6. The van der Waals surface area contributed by atoms with Gasteiger partial charge >= 0.3 is 18.4 Å². The summed E-state index contributed by atoms with van der Waals surface area (Å²) in [6.07, 6.45) is -12.0. The van der Waals surface area contributed by atoms with Crippen LogP contribution in [0, 0.1) is 0 Å². The molecule has 1 aromatic rings. The molecule has 0 unspecified atom stereocenters. The molecule has 0 saturated carbocycles. The first-order valence-corrected chi connectivity index (χ1v) is 8.74. The number of halogens is 6. The predicted molar refractivity (Wildman–Crippen MR) is 94.4 cm³/mol. The van der Waals surface area contributed by atoms with Gasteiger partial charge in [0.1, 0.15) is 0 Å². The third-order valence-electron chi connectivity index (χ3n) is 4.23. The van der Waals surface area contributed by atoms with E-state index in [-0.39, 0.29) is 12.2 Å². The molecule has 2 amide bonds. The van der Waals surface area contributed by atoms with Gasteiger partial charge in [-0.15, -0.1) is 0 Å². The van der Waals surface area contributed by atoms with Crippen LogP contribution >= 0.6 is 0 Å². The maximum atomic E-state index is 13.0. The predicted octanol–water partition coefficient (Wildman–Crippen LogP) is 4.04. The minimum atomic E-state index is -6.00.